The molecule has 1 aromatic carbocycles. The molecule has 0 N–H and O–H groups in total. The van der Waals surface area contributed by atoms with Gasteiger partial charge >= 0.3 is 11.6 Å². The second-order valence-corrected chi connectivity index (χ2v) is 3.54. The lowest BCUT2D eigenvalue weighted by atomic mass is 10.2. The first-order chi connectivity index (χ1) is 8.11. The highest BCUT2D eigenvalue weighted by molar-refractivity contribution is 5.88. The van der Waals surface area contributed by atoms with E-state index in [2.05, 4.69) is 4.98 Å². The highest BCUT2D eigenvalue weighted by atomic mass is 16.5. The van der Waals surface area contributed by atoms with Gasteiger partial charge in [-0.05, 0) is 31.5 Å². The van der Waals surface area contributed by atoms with E-state index < -0.39 is 11.6 Å². The van der Waals surface area contributed by atoms with Crippen molar-refractivity contribution in [3.8, 4) is 0 Å². The van der Waals surface area contributed by atoms with Crippen LogP contribution in [-0.4, -0.2) is 17.6 Å². The van der Waals surface area contributed by atoms with Crippen LogP contribution in [0.2, 0.25) is 0 Å². The molecule has 0 radical (unpaired) electrons. The lowest BCUT2D eigenvalue weighted by molar-refractivity contribution is 0.0514. The van der Waals surface area contributed by atoms with Gasteiger partial charge in [0, 0.05) is 0 Å². The summed E-state index contributed by atoms with van der Waals surface area (Å²) >= 11 is 0. The second kappa shape index (κ2) is 4.37. The van der Waals surface area contributed by atoms with E-state index in [0.29, 0.717) is 11.1 Å². The van der Waals surface area contributed by atoms with Crippen molar-refractivity contribution in [2.45, 2.75) is 13.8 Å². The van der Waals surface area contributed by atoms with Gasteiger partial charge in [-0.25, -0.2) is 14.6 Å². The summed E-state index contributed by atoms with van der Waals surface area (Å²) in [7, 11) is 0. The molecule has 5 nitrogen and oxygen atoms in total. The van der Waals surface area contributed by atoms with Gasteiger partial charge < -0.3 is 9.15 Å². The summed E-state index contributed by atoms with van der Waals surface area (Å²) in [5, 5.41) is 0. The Balaban J connectivity index is 2.61. The number of nitrogens with zero attached hydrogens (tertiary/aromatic N) is 1. The molecule has 17 heavy (non-hydrogen) atoms. The average Bonchev–Trinajstić information content (AvgIpc) is 2.29. The summed E-state index contributed by atoms with van der Waals surface area (Å²) in [6.07, 6.45) is 0. The number of hydrogen-bond acceptors (Lipinski definition) is 5. The molecule has 0 unspecified atom stereocenters. The summed E-state index contributed by atoms with van der Waals surface area (Å²) < 4.78 is 9.72. The van der Waals surface area contributed by atoms with Gasteiger partial charge in [-0.15, -0.1) is 0 Å². The molecule has 2 aromatic rings. The van der Waals surface area contributed by atoms with Crippen molar-refractivity contribution in [1.82, 2.24) is 4.98 Å². The number of carbonyl (C=O) groups excluding carboxylic acids is 1. The smallest absolute Gasteiger partial charge is 0.370 e. The fourth-order valence-corrected chi connectivity index (χ4v) is 1.44. The fourth-order valence-electron chi connectivity index (χ4n) is 1.44. The molecular formula is C12H11NO4. The van der Waals surface area contributed by atoms with Crippen molar-refractivity contribution < 1.29 is 13.9 Å². The largest absolute Gasteiger partial charge is 0.461 e. The summed E-state index contributed by atoms with van der Waals surface area (Å²) in [5.74, 6) is -0.760. The Bertz CT molecular complexity index is 630. The van der Waals surface area contributed by atoms with E-state index in [1.807, 2.05) is 6.92 Å². The number of esters is 1. The zero-order valence-electron chi connectivity index (χ0n) is 9.52. The van der Waals surface area contributed by atoms with E-state index in [1.165, 1.54) is 0 Å². The van der Waals surface area contributed by atoms with Gasteiger partial charge in [0.2, 0.25) is 5.69 Å². The highest BCUT2D eigenvalue weighted by Crippen LogP contribution is 2.12. The Hall–Kier alpha value is -2.17. The molecular weight excluding hydrogens is 222 g/mol. The monoisotopic (exact) mass is 233 g/mol. The van der Waals surface area contributed by atoms with Crippen LogP contribution in [0.1, 0.15) is 23.0 Å². The Kier molecular flexibility index (Phi) is 2.91. The quantitative estimate of drug-likeness (QED) is 0.738. The van der Waals surface area contributed by atoms with E-state index in [9.17, 15) is 9.59 Å². The fraction of sp³-hybridized carbons (Fsp3) is 0.250. The molecule has 0 saturated heterocycles. The predicted molar refractivity (Wildman–Crippen MR) is 61.0 cm³/mol. The maximum Gasteiger partial charge on any atom is 0.370 e. The lowest BCUT2D eigenvalue weighted by Gasteiger charge is -2.01. The number of aryl methyl sites for hydroxylation is 1. The first-order valence-electron chi connectivity index (χ1n) is 5.20. The van der Waals surface area contributed by atoms with E-state index >= 15 is 0 Å². The van der Waals surface area contributed by atoms with Crippen LogP contribution in [0, 0.1) is 6.92 Å². The van der Waals surface area contributed by atoms with Crippen LogP contribution in [0.4, 0.5) is 0 Å². The van der Waals surface area contributed by atoms with Gasteiger partial charge in [0.25, 0.3) is 0 Å². The zero-order valence-corrected chi connectivity index (χ0v) is 9.52. The van der Waals surface area contributed by atoms with E-state index in [-0.39, 0.29) is 12.3 Å². The summed E-state index contributed by atoms with van der Waals surface area (Å²) in [4.78, 5) is 26.9. The summed E-state index contributed by atoms with van der Waals surface area (Å²) in [6, 6.07) is 5.19. The van der Waals surface area contributed by atoms with Gasteiger partial charge in [0.15, 0.2) is 5.58 Å². The Morgan fingerprint density at radius 2 is 2.24 bits per heavy atom. The van der Waals surface area contributed by atoms with Crippen LogP contribution in [-0.2, 0) is 4.74 Å². The standard InChI is InChI=1S/C12H11NO4/c1-3-16-11(14)10-12(15)17-9-5-4-7(2)6-8(9)13-10/h4-6H,3H2,1-2H3. The van der Waals surface area contributed by atoms with Crippen LogP contribution >= 0.6 is 0 Å². The van der Waals surface area contributed by atoms with Crippen LogP contribution in [0.3, 0.4) is 0 Å². The first-order valence-corrected chi connectivity index (χ1v) is 5.20. The molecule has 2 rings (SSSR count). The van der Waals surface area contributed by atoms with Crippen molar-refractivity contribution in [2.24, 2.45) is 0 Å². The van der Waals surface area contributed by atoms with E-state index in [0.717, 1.165) is 5.56 Å². The number of carbonyl (C=O) groups is 1. The van der Waals surface area contributed by atoms with Gasteiger partial charge in [-0.2, -0.15) is 0 Å². The minimum absolute atomic E-state index is 0.186. The molecule has 0 atom stereocenters. The maximum absolute atomic E-state index is 11.5. The third-order valence-corrected chi connectivity index (χ3v) is 2.21. The molecule has 0 aliphatic rings. The van der Waals surface area contributed by atoms with Gasteiger partial charge in [-0.3, -0.25) is 0 Å². The van der Waals surface area contributed by atoms with Gasteiger partial charge in [0.1, 0.15) is 5.52 Å². The normalized spacial score (nSPS) is 10.5. The minimum atomic E-state index is -0.778. The SMILES string of the molecule is CCOC(=O)c1nc2cc(C)ccc2oc1=O. The zero-order chi connectivity index (χ0) is 12.4. The Morgan fingerprint density at radius 1 is 1.47 bits per heavy atom. The van der Waals surface area contributed by atoms with Crippen LogP contribution in [0.15, 0.2) is 27.4 Å². The molecule has 0 aliphatic carbocycles. The van der Waals surface area contributed by atoms with Crippen molar-refractivity contribution in [3.63, 3.8) is 0 Å². The van der Waals surface area contributed by atoms with Crippen molar-refractivity contribution in [1.29, 1.82) is 0 Å². The second-order valence-electron chi connectivity index (χ2n) is 3.54. The molecule has 0 spiro atoms. The van der Waals surface area contributed by atoms with E-state index in [1.54, 1.807) is 25.1 Å². The first kappa shape index (κ1) is 11.3. The minimum Gasteiger partial charge on any atom is -0.461 e. The number of ether oxygens (including phenoxy) is 1. The Morgan fingerprint density at radius 3 is 2.94 bits per heavy atom. The predicted octanol–water partition coefficient (Wildman–Crippen LogP) is 1.67. The number of hydrogen-bond donors (Lipinski definition) is 0. The van der Waals surface area contributed by atoms with Crippen LogP contribution < -0.4 is 5.63 Å². The van der Waals surface area contributed by atoms with Crippen LogP contribution in [0.5, 0.6) is 0 Å². The maximum atomic E-state index is 11.5. The van der Waals surface area contributed by atoms with Crippen molar-refractivity contribution >= 4 is 17.1 Å². The summed E-state index contributed by atoms with van der Waals surface area (Å²) in [5.41, 5.74) is 0.694. The molecule has 0 bridgehead atoms. The number of rotatable bonds is 2. The third kappa shape index (κ3) is 2.18. The molecule has 5 heteroatoms. The lowest BCUT2D eigenvalue weighted by Crippen LogP contribution is -2.18. The van der Waals surface area contributed by atoms with Crippen LogP contribution in [0.25, 0.3) is 11.1 Å². The average molecular weight is 233 g/mol. The van der Waals surface area contributed by atoms with E-state index in [4.69, 9.17) is 9.15 Å². The van der Waals surface area contributed by atoms with Crippen molar-refractivity contribution in [2.75, 3.05) is 6.61 Å². The number of benzene rings is 1. The summed E-state index contributed by atoms with van der Waals surface area (Å²) in [6.45, 7) is 3.73. The molecule has 1 aromatic heterocycles. The topological polar surface area (TPSA) is 69.4 Å². The molecule has 1 heterocycles. The molecule has 88 valence electrons. The molecule has 0 saturated carbocycles. The number of aromatic nitrogens is 1. The highest BCUT2D eigenvalue weighted by Gasteiger charge is 2.16. The van der Waals surface area contributed by atoms with Crippen molar-refractivity contribution in [3.05, 3.63) is 39.9 Å². The third-order valence-electron chi connectivity index (χ3n) is 2.21. The Labute approximate surface area is 97.0 Å². The molecule has 0 aliphatic heterocycles. The van der Waals surface area contributed by atoms with Gasteiger partial charge in [-0.1, -0.05) is 6.07 Å². The molecule has 0 fully saturated rings. The molecule has 0 amide bonds. The van der Waals surface area contributed by atoms with Gasteiger partial charge in [0.05, 0.1) is 6.61 Å². The number of fused-ring (bicyclic) bond motifs is 1.